The fraction of sp³-hybridized carbons (Fsp3) is 0.154. The maximum Gasteiger partial charge on any atom is 0.414 e. The summed E-state index contributed by atoms with van der Waals surface area (Å²) < 4.78 is 4.53. The van der Waals surface area contributed by atoms with Gasteiger partial charge in [0.2, 0.25) is 0 Å². The van der Waals surface area contributed by atoms with Gasteiger partial charge in [-0.15, -0.1) is 0 Å². The number of benzene rings is 1. The van der Waals surface area contributed by atoms with E-state index in [4.69, 9.17) is 28.5 Å². The summed E-state index contributed by atoms with van der Waals surface area (Å²) in [5, 5.41) is 11.6. The number of nitrogens with zero attached hydrogens (tertiary/aromatic N) is 1. The van der Waals surface area contributed by atoms with Gasteiger partial charge in [-0.3, -0.25) is 15.5 Å². The van der Waals surface area contributed by atoms with Crippen LogP contribution in [-0.4, -0.2) is 18.6 Å². The first-order chi connectivity index (χ1) is 10.5. The number of ether oxygens (including phenoxy) is 1. The van der Waals surface area contributed by atoms with Gasteiger partial charge in [0.05, 0.1) is 17.3 Å². The Kier molecular flexibility index (Phi) is 7.02. The van der Waals surface area contributed by atoms with Crippen molar-refractivity contribution in [1.82, 2.24) is 10.7 Å². The standard InChI is InChI=1S/C13H12Cl2N4O3/c1-2-22-13(21)18-12(20)8(6-16)7-17-19-11-4-3-9(14)5-10(11)15/h3-5,7,17,19H,2H2,1H3,(H,18,20,21). The zero-order valence-electron chi connectivity index (χ0n) is 11.4. The molecule has 3 N–H and O–H groups in total. The number of hydrazine groups is 1. The average Bonchev–Trinajstić information content (AvgIpc) is 2.45. The molecule has 0 radical (unpaired) electrons. The van der Waals surface area contributed by atoms with Crippen molar-refractivity contribution in [2.45, 2.75) is 6.92 Å². The molecule has 1 rings (SSSR count). The van der Waals surface area contributed by atoms with Gasteiger partial charge in [-0.2, -0.15) is 5.26 Å². The first-order valence-electron chi connectivity index (χ1n) is 6.03. The minimum Gasteiger partial charge on any atom is -0.450 e. The van der Waals surface area contributed by atoms with Gasteiger partial charge in [-0.25, -0.2) is 4.79 Å². The molecule has 0 aliphatic rings. The molecule has 0 aromatic heterocycles. The van der Waals surface area contributed by atoms with Crippen LogP contribution in [0.2, 0.25) is 10.0 Å². The molecule has 0 bridgehead atoms. The van der Waals surface area contributed by atoms with Crippen LogP contribution < -0.4 is 16.2 Å². The quantitative estimate of drug-likeness (QED) is 0.431. The number of nitrogens with one attached hydrogen (secondary N) is 3. The van der Waals surface area contributed by atoms with Gasteiger partial charge in [0.25, 0.3) is 5.91 Å². The van der Waals surface area contributed by atoms with E-state index >= 15 is 0 Å². The molecule has 0 unspecified atom stereocenters. The highest BCUT2D eigenvalue weighted by Gasteiger charge is 2.13. The van der Waals surface area contributed by atoms with Gasteiger partial charge in [-0.1, -0.05) is 23.2 Å². The second-order valence-corrected chi connectivity index (χ2v) is 4.58. The molecule has 0 atom stereocenters. The van der Waals surface area contributed by atoms with Crippen LogP contribution in [0.5, 0.6) is 0 Å². The molecular formula is C13H12Cl2N4O3. The van der Waals surface area contributed by atoms with Gasteiger partial charge in [0.1, 0.15) is 11.6 Å². The molecule has 0 aliphatic carbocycles. The number of nitriles is 1. The first kappa shape index (κ1) is 17.6. The van der Waals surface area contributed by atoms with Crippen molar-refractivity contribution in [3.63, 3.8) is 0 Å². The van der Waals surface area contributed by atoms with Gasteiger partial charge in [-0.05, 0) is 25.1 Å². The lowest BCUT2D eigenvalue weighted by Gasteiger charge is -2.08. The molecule has 116 valence electrons. The molecule has 1 aromatic rings. The Bertz CT molecular complexity index is 641. The van der Waals surface area contributed by atoms with E-state index in [1.807, 2.05) is 5.32 Å². The largest absolute Gasteiger partial charge is 0.450 e. The number of carbonyl (C=O) groups excluding carboxylic acids is 2. The summed E-state index contributed by atoms with van der Waals surface area (Å²) in [6.07, 6.45) is 0.154. The molecule has 0 fully saturated rings. The van der Waals surface area contributed by atoms with E-state index in [0.29, 0.717) is 15.7 Å². The number of hydrogen-bond acceptors (Lipinski definition) is 6. The van der Waals surface area contributed by atoms with Crippen molar-refractivity contribution in [3.05, 3.63) is 40.0 Å². The average molecular weight is 343 g/mol. The smallest absolute Gasteiger partial charge is 0.414 e. The second kappa shape index (κ2) is 8.77. The van der Waals surface area contributed by atoms with Crippen molar-refractivity contribution in [2.75, 3.05) is 12.0 Å². The fourth-order valence-corrected chi connectivity index (χ4v) is 1.71. The highest BCUT2D eigenvalue weighted by atomic mass is 35.5. The zero-order chi connectivity index (χ0) is 16.5. The number of anilines is 1. The molecule has 0 aliphatic heterocycles. The Labute approximate surface area is 136 Å². The molecule has 0 saturated heterocycles. The summed E-state index contributed by atoms with van der Waals surface area (Å²) in [6, 6.07) is 6.39. The predicted molar refractivity (Wildman–Crippen MR) is 82.1 cm³/mol. The number of amides is 2. The molecule has 9 heteroatoms. The van der Waals surface area contributed by atoms with Gasteiger partial charge >= 0.3 is 6.09 Å². The lowest BCUT2D eigenvalue weighted by molar-refractivity contribution is -0.116. The third kappa shape index (κ3) is 5.52. The molecule has 22 heavy (non-hydrogen) atoms. The van der Waals surface area contributed by atoms with E-state index in [9.17, 15) is 9.59 Å². The van der Waals surface area contributed by atoms with Crippen LogP contribution in [0, 0.1) is 11.3 Å². The topological polar surface area (TPSA) is 103 Å². The summed E-state index contributed by atoms with van der Waals surface area (Å²) >= 11 is 11.7. The maximum absolute atomic E-state index is 11.6. The Morgan fingerprint density at radius 1 is 1.41 bits per heavy atom. The molecular weight excluding hydrogens is 331 g/mol. The lowest BCUT2D eigenvalue weighted by atomic mass is 10.3. The minimum atomic E-state index is -0.928. The fourth-order valence-electron chi connectivity index (χ4n) is 1.25. The van der Waals surface area contributed by atoms with E-state index in [2.05, 4.69) is 15.6 Å². The van der Waals surface area contributed by atoms with Gasteiger partial charge in [0, 0.05) is 11.2 Å². The number of halogens is 2. The Morgan fingerprint density at radius 3 is 2.73 bits per heavy atom. The maximum atomic E-state index is 11.6. The highest BCUT2D eigenvalue weighted by Crippen LogP contribution is 2.24. The summed E-state index contributed by atoms with van der Waals surface area (Å²) in [5.41, 5.74) is 5.36. The summed E-state index contributed by atoms with van der Waals surface area (Å²) in [6.45, 7) is 1.70. The Hall–Kier alpha value is -2.43. The summed E-state index contributed by atoms with van der Waals surface area (Å²) in [5.74, 6) is -0.891. The lowest BCUT2D eigenvalue weighted by Crippen LogP contribution is -2.32. The van der Waals surface area contributed by atoms with E-state index in [-0.39, 0.29) is 12.2 Å². The van der Waals surface area contributed by atoms with Crippen LogP contribution >= 0.6 is 23.2 Å². The number of imide groups is 1. The van der Waals surface area contributed by atoms with E-state index in [1.165, 1.54) is 6.07 Å². The molecule has 0 heterocycles. The van der Waals surface area contributed by atoms with Crippen LogP contribution in [0.25, 0.3) is 0 Å². The van der Waals surface area contributed by atoms with E-state index in [0.717, 1.165) is 6.20 Å². The first-order valence-corrected chi connectivity index (χ1v) is 6.78. The van der Waals surface area contributed by atoms with Crippen LogP contribution in [0.4, 0.5) is 10.5 Å². The number of hydrogen-bond donors (Lipinski definition) is 3. The van der Waals surface area contributed by atoms with E-state index in [1.54, 1.807) is 25.1 Å². The molecule has 7 nitrogen and oxygen atoms in total. The second-order valence-electron chi connectivity index (χ2n) is 3.74. The Balaban J connectivity index is 2.64. The number of alkyl carbamates (subject to hydrolysis) is 1. The predicted octanol–water partition coefficient (Wildman–Crippen LogP) is 2.59. The van der Waals surface area contributed by atoms with Crippen molar-refractivity contribution in [2.24, 2.45) is 0 Å². The zero-order valence-corrected chi connectivity index (χ0v) is 13.0. The van der Waals surface area contributed by atoms with Crippen molar-refractivity contribution < 1.29 is 14.3 Å². The normalized spacial score (nSPS) is 10.4. The Morgan fingerprint density at radius 2 is 2.14 bits per heavy atom. The van der Waals surface area contributed by atoms with Gasteiger partial charge in [0.15, 0.2) is 0 Å². The third-order valence-electron chi connectivity index (χ3n) is 2.21. The molecule has 0 saturated carbocycles. The van der Waals surface area contributed by atoms with Crippen LogP contribution in [-0.2, 0) is 9.53 Å². The molecule has 1 aromatic carbocycles. The van der Waals surface area contributed by atoms with Crippen molar-refractivity contribution in [1.29, 1.82) is 5.26 Å². The SMILES string of the molecule is CCOC(=O)NC(=O)C(C#N)=CNNc1ccc(Cl)cc1Cl. The molecule has 0 spiro atoms. The molecule has 2 amide bonds. The van der Waals surface area contributed by atoms with Crippen LogP contribution in [0.3, 0.4) is 0 Å². The van der Waals surface area contributed by atoms with Crippen molar-refractivity contribution >= 4 is 40.9 Å². The number of rotatable bonds is 5. The van der Waals surface area contributed by atoms with Gasteiger partial charge < -0.3 is 10.2 Å². The van der Waals surface area contributed by atoms with Crippen LogP contribution in [0.15, 0.2) is 30.0 Å². The number of carbonyl (C=O) groups is 2. The highest BCUT2D eigenvalue weighted by molar-refractivity contribution is 6.36. The summed E-state index contributed by atoms with van der Waals surface area (Å²) in [7, 11) is 0. The minimum absolute atomic E-state index is 0.111. The van der Waals surface area contributed by atoms with E-state index < -0.39 is 12.0 Å². The van der Waals surface area contributed by atoms with Crippen LogP contribution in [0.1, 0.15) is 6.92 Å². The monoisotopic (exact) mass is 342 g/mol. The van der Waals surface area contributed by atoms with Crippen molar-refractivity contribution in [3.8, 4) is 6.07 Å². The summed E-state index contributed by atoms with van der Waals surface area (Å²) in [4.78, 5) is 22.7. The third-order valence-corrected chi connectivity index (χ3v) is 2.76.